The Morgan fingerprint density at radius 2 is 1.79 bits per heavy atom. The summed E-state index contributed by atoms with van der Waals surface area (Å²) in [6.45, 7) is 14.3. The normalized spacial score (nSPS) is 40.4. The molecule has 0 aromatic rings. The highest BCUT2D eigenvalue weighted by Gasteiger charge is 2.59. The van der Waals surface area contributed by atoms with Crippen molar-refractivity contribution in [2.45, 2.75) is 111 Å². The Morgan fingerprint density at radius 3 is 2.56 bits per heavy atom. The van der Waals surface area contributed by atoms with Crippen LogP contribution in [0.4, 0.5) is 0 Å². The smallest absolute Gasteiger partial charge is 0.147 e. The number of fused-ring (bicyclic) bond motifs is 5. The van der Waals surface area contributed by atoms with E-state index in [1.165, 1.54) is 64.2 Å². The highest BCUT2D eigenvalue weighted by Crippen LogP contribution is 2.67. The van der Waals surface area contributed by atoms with Gasteiger partial charge in [-0.1, -0.05) is 65.5 Å². The monoisotopic (exact) mass is 474 g/mol. The zero-order chi connectivity index (χ0) is 24.3. The fourth-order valence-corrected chi connectivity index (χ4v) is 9.14. The van der Waals surface area contributed by atoms with Gasteiger partial charge in [0.15, 0.2) is 0 Å². The summed E-state index contributed by atoms with van der Waals surface area (Å²) in [6, 6.07) is 0. The highest BCUT2D eigenvalue weighted by molar-refractivity contribution is 5.25. The molecule has 3 nitrogen and oxygen atoms in total. The minimum atomic E-state index is 0.329. The number of hydrogen-bond donors (Lipinski definition) is 0. The largest absolute Gasteiger partial charge is 0.382 e. The Morgan fingerprint density at radius 1 is 0.971 bits per heavy atom. The van der Waals surface area contributed by atoms with E-state index in [-0.39, 0.29) is 0 Å². The lowest BCUT2D eigenvalue weighted by molar-refractivity contribution is -0.115. The summed E-state index contributed by atoms with van der Waals surface area (Å²) >= 11 is 0. The third-order valence-electron chi connectivity index (χ3n) is 11.1. The van der Waals surface area contributed by atoms with Gasteiger partial charge in [-0.3, -0.25) is 0 Å². The molecule has 0 saturated heterocycles. The maximum absolute atomic E-state index is 6.11. The third-order valence-corrected chi connectivity index (χ3v) is 11.1. The van der Waals surface area contributed by atoms with Gasteiger partial charge in [0.1, 0.15) is 6.79 Å². The van der Waals surface area contributed by atoms with E-state index in [2.05, 4.69) is 40.7 Å². The SMILES string of the molecule is COCCOCOC1CC[C@@]2(C)C(=CC[C@H]3[C@@H]4CC[C@H]([C@H](C)CCCC(C)C)[C@@]4(C)CC[C@@H]32)C1. The zero-order valence-corrected chi connectivity index (χ0v) is 23.2. The standard InChI is InChI=1S/C31H54O3/c1-22(2)8-7-9-23(3)27-12-13-28-26-11-10-24-20-25(34-21-33-19-18-32-6)14-16-30(24,4)29(26)15-17-31(27,28)5/h10,22-23,25-29H,7-9,11-21H2,1-6H3/t23-,25?,26+,27-,28+,29+,30+,31-/m1/s1. The van der Waals surface area contributed by atoms with Crippen molar-refractivity contribution in [3.8, 4) is 0 Å². The molecule has 3 heteroatoms. The Bertz CT molecular complexity index is 686. The van der Waals surface area contributed by atoms with Gasteiger partial charge in [0.25, 0.3) is 0 Å². The Hall–Kier alpha value is -0.380. The second-order valence-corrected chi connectivity index (χ2v) is 13.3. The van der Waals surface area contributed by atoms with E-state index in [1.54, 1.807) is 12.7 Å². The van der Waals surface area contributed by atoms with Crippen LogP contribution in [0.3, 0.4) is 0 Å². The van der Waals surface area contributed by atoms with Crippen LogP contribution in [-0.4, -0.2) is 33.2 Å². The van der Waals surface area contributed by atoms with Crippen LogP contribution in [0.5, 0.6) is 0 Å². The Kier molecular flexibility index (Phi) is 8.90. The van der Waals surface area contributed by atoms with Gasteiger partial charge in [0.2, 0.25) is 0 Å². The van der Waals surface area contributed by atoms with E-state index >= 15 is 0 Å². The van der Waals surface area contributed by atoms with Crippen molar-refractivity contribution < 1.29 is 14.2 Å². The summed E-state index contributed by atoms with van der Waals surface area (Å²) in [7, 11) is 1.71. The minimum Gasteiger partial charge on any atom is -0.382 e. The highest BCUT2D eigenvalue weighted by atomic mass is 16.7. The molecular formula is C31H54O3. The zero-order valence-electron chi connectivity index (χ0n) is 23.2. The van der Waals surface area contributed by atoms with Crippen molar-refractivity contribution in [3.05, 3.63) is 11.6 Å². The molecule has 0 aromatic heterocycles. The molecule has 0 bridgehead atoms. The molecule has 4 aliphatic carbocycles. The average Bonchev–Trinajstić information content (AvgIpc) is 3.16. The molecule has 0 heterocycles. The average molecular weight is 475 g/mol. The van der Waals surface area contributed by atoms with E-state index in [4.69, 9.17) is 14.2 Å². The molecule has 0 aromatic carbocycles. The molecular weight excluding hydrogens is 420 g/mol. The van der Waals surface area contributed by atoms with E-state index in [0.29, 0.717) is 36.9 Å². The second-order valence-electron chi connectivity index (χ2n) is 13.3. The maximum Gasteiger partial charge on any atom is 0.147 e. The van der Waals surface area contributed by atoms with Crippen molar-refractivity contribution in [1.29, 1.82) is 0 Å². The van der Waals surface area contributed by atoms with Gasteiger partial charge in [-0.15, -0.1) is 0 Å². The summed E-state index contributed by atoms with van der Waals surface area (Å²) in [5, 5.41) is 0. The maximum atomic E-state index is 6.11. The van der Waals surface area contributed by atoms with Crippen LogP contribution in [0.25, 0.3) is 0 Å². The molecule has 3 saturated carbocycles. The second kappa shape index (κ2) is 11.3. The Balaban J connectivity index is 1.37. The van der Waals surface area contributed by atoms with Crippen molar-refractivity contribution in [2.24, 2.45) is 46.3 Å². The molecule has 0 spiro atoms. The van der Waals surface area contributed by atoms with Crippen LogP contribution in [0.2, 0.25) is 0 Å². The first-order valence-electron chi connectivity index (χ1n) is 14.7. The molecule has 34 heavy (non-hydrogen) atoms. The lowest BCUT2D eigenvalue weighted by Crippen LogP contribution is -2.51. The lowest BCUT2D eigenvalue weighted by atomic mass is 9.47. The minimum absolute atomic E-state index is 0.329. The Labute approximate surface area is 210 Å². The fraction of sp³-hybridized carbons (Fsp3) is 0.935. The van der Waals surface area contributed by atoms with Crippen molar-refractivity contribution >= 4 is 0 Å². The van der Waals surface area contributed by atoms with Crippen molar-refractivity contribution in [3.63, 3.8) is 0 Å². The van der Waals surface area contributed by atoms with Gasteiger partial charge in [0, 0.05) is 7.11 Å². The number of allylic oxidation sites excluding steroid dienone is 1. The molecule has 8 atom stereocenters. The van der Waals surface area contributed by atoms with Gasteiger partial charge in [0.05, 0.1) is 19.3 Å². The number of methoxy groups -OCH3 is 1. The molecule has 0 aliphatic heterocycles. The summed E-state index contributed by atoms with van der Waals surface area (Å²) in [5.41, 5.74) is 2.70. The molecule has 4 rings (SSSR count). The van der Waals surface area contributed by atoms with Crippen LogP contribution >= 0.6 is 0 Å². The molecule has 4 aliphatic rings. The van der Waals surface area contributed by atoms with Gasteiger partial charge in [-0.25, -0.2) is 0 Å². The van der Waals surface area contributed by atoms with Crippen LogP contribution in [0.1, 0.15) is 105 Å². The van der Waals surface area contributed by atoms with Gasteiger partial charge < -0.3 is 14.2 Å². The number of rotatable bonds is 11. The molecule has 3 fully saturated rings. The van der Waals surface area contributed by atoms with E-state index in [1.807, 2.05) is 0 Å². The van der Waals surface area contributed by atoms with E-state index < -0.39 is 0 Å². The predicted molar refractivity (Wildman–Crippen MR) is 141 cm³/mol. The van der Waals surface area contributed by atoms with Gasteiger partial charge in [-0.2, -0.15) is 0 Å². The first kappa shape index (κ1) is 26.7. The lowest BCUT2D eigenvalue weighted by Gasteiger charge is -2.58. The van der Waals surface area contributed by atoms with E-state index in [9.17, 15) is 0 Å². The number of ether oxygens (including phenoxy) is 3. The molecule has 0 N–H and O–H groups in total. The summed E-state index contributed by atoms with van der Waals surface area (Å²) in [6.07, 6.45) is 18.1. The van der Waals surface area contributed by atoms with Crippen LogP contribution < -0.4 is 0 Å². The van der Waals surface area contributed by atoms with Crippen molar-refractivity contribution in [2.75, 3.05) is 27.1 Å². The molecule has 0 amide bonds. The molecule has 0 radical (unpaired) electrons. The quantitative estimate of drug-likeness (QED) is 0.172. The molecule has 1 unspecified atom stereocenters. The summed E-state index contributed by atoms with van der Waals surface area (Å²) in [4.78, 5) is 0. The molecule has 196 valence electrons. The van der Waals surface area contributed by atoms with Crippen molar-refractivity contribution in [1.82, 2.24) is 0 Å². The fourth-order valence-electron chi connectivity index (χ4n) is 9.14. The predicted octanol–water partition coefficient (Wildman–Crippen LogP) is 8.03. The topological polar surface area (TPSA) is 27.7 Å². The van der Waals surface area contributed by atoms with Crippen LogP contribution in [-0.2, 0) is 14.2 Å². The number of hydrogen-bond acceptors (Lipinski definition) is 3. The first-order chi connectivity index (χ1) is 16.3. The summed E-state index contributed by atoms with van der Waals surface area (Å²) in [5.74, 6) is 5.44. The van der Waals surface area contributed by atoms with Crippen LogP contribution in [0.15, 0.2) is 11.6 Å². The van der Waals surface area contributed by atoms with Crippen LogP contribution in [0, 0.1) is 46.3 Å². The third kappa shape index (κ3) is 5.32. The van der Waals surface area contributed by atoms with Gasteiger partial charge in [-0.05, 0) is 97.7 Å². The summed E-state index contributed by atoms with van der Waals surface area (Å²) < 4.78 is 16.8. The first-order valence-corrected chi connectivity index (χ1v) is 14.7. The van der Waals surface area contributed by atoms with E-state index in [0.717, 1.165) is 41.9 Å². The van der Waals surface area contributed by atoms with Gasteiger partial charge >= 0.3 is 0 Å².